The number of carbonyl (C=O) groups is 1. The van der Waals surface area contributed by atoms with E-state index in [1.165, 1.54) is 18.2 Å². The molecular formula is C8H6N2O4S. The molecule has 78 valence electrons. The number of oxazole rings is 1. The molecule has 2 rings (SSSR count). The van der Waals surface area contributed by atoms with Crippen LogP contribution >= 0.6 is 0 Å². The number of sulfonamides is 1. The average Bonchev–Trinajstić information content (AvgIpc) is 2.57. The summed E-state index contributed by atoms with van der Waals surface area (Å²) >= 11 is 0. The first kappa shape index (κ1) is 9.81. The highest BCUT2D eigenvalue weighted by molar-refractivity contribution is 7.89. The van der Waals surface area contributed by atoms with Gasteiger partial charge in [-0.1, -0.05) is 6.07 Å². The normalized spacial score (nSPS) is 11.8. The van der Waals surface area contributed by atoms with Crippen LogP contribution in [0.4, 0.5) is 0 Å². The number of nitrogens with zero attached hydrogens (tertiary/aromatic N) is 1. The van der Waals surface area contributed by atoms with Crippen LogP contribution in [0.15, 0.2) is 27.5 Å². The molecule has 15 heavy (non-hydrogen) atoms. The fraction of sp³-hybridized carbons (Fsp3) is 0. The number of nitrogens with two attached hydrogens (primary N) is 1. The number of carbonyl (C=O) groups excluding carboxylic acids is 1. The molecule has 0 aliphatic rings. The van der Waals surface area contributed by atoms with Crippen molar-refractivity contribution in [3.63, 3.8) is 0 Å². The molecule has 1 aromatic carbocycles. The molecule has 0 aliphatic heterocycles. The summed E-state index contributed by atoms with van der Waals surface area (Å²) in [5, 5.41) is 4.98. The Bertz CT molecular complexity index is 629. The third-order valence-corrected chi connectivity index (χ3v) is 2.75. The van der Waals surface area contributed by atoms with Crippen molar-refractivity contribution in [1.82, 2.24) is 4.98 Å². The molecule has 0 spiro atoms. The van der Waals surface area contributed by atoms with E-state index in [0.29, 0.717) is 6.29 Å². The van der Waals surface area contributed by atoms with E-state index in [0.717, 1.165) is 0 Å². The summed E-state index contributed by atoms with van der Waals surface area (Å²) in [5.74, 6) is -0.180. The molecule has 7 heteroatoms. The molecule has 1 heterocycles. The lowest BCUT2D eigenvalue weighted by molar-refractivity contribution is 0.109. The van der Waals surface area contributed by atoms with Gasteiger partial charge in [0.2, 0.25) is 16.3 Å². The van der Waals surface area contributed by atoms with Gasteiger partial charge in [-0.2, -0.15) is 0 Å². The second-order valence-electron chi connectivity index (χ2n) is 2.82. The zero-order valence-corrected chi connectivity index (χ0v) is 8.19. The van der Waals surface area contributed by atoms with Crippen LogP contribution in [0.25, 0.3) is 11.1 Å². The highest BCUT2D eigenvalue weighted by Gasteiger charge is 2.16. The molecule has 0 atom stereocenters. The first-order valence-corrected chi connectivity index (χ1v) is 5.44. The Morgan fingerprint density at radius 2 is 2.13 bits per heavy atom. The van der Waals surface area contributed by atoms with Gasteiger partial charge in [-0.15, -0.1) is 0 Å². The van der Waals surface area contributed by atoms with Crippen LogP contribution < -0.4 is 5.14 Å². The lowest BCUT2D eigenvalue weighted by atomic mass is 10.3. The molecule has 6 nitrogen and oxygen atoms in total. The van der Waals surface area contributed by atoms with Crippen LogP contribution in [-0.2, 0) is 10.0 Å². The predicted octanol–water partition coefficient (Wildman–Crippen LogP) is 0.288. The molecule has 1 aromatic heterocycles. The van der Waals surface area contributed by atoms with Crippen molar-refractivity contribution < 1.29 is 17.6 Å². The molecule has 0 fully saturated rings. The van der Waals surface area contributed by atoms with Crippen molar-refractivity contribution >= 4 is 27.4 Å². The van der Waals surface area contributed by atoms with Gasteiger partial charge in [0.15, 0.2) is 5.58 Å². The van der Waals surface area contributed by atoms with Gasteiger partial charge in [-0.3, -0.25) is 4.79 Å². The Morgan fingerprint density at radius 3 is 2.73 bits per heavy atom. The molecule has 0 saturated carbocycles. The monoisotopic (exact) mass is 226 g/mol. The number of aromatic nitrogens is 1. The maximum absolute atomic E-state index is 11.2. The summed E-state index contributed by atoms with van der Waals surface area (Å²) in [6, 6.07) is 4.26. The highest BCUT2D eigenvalue weighted by atomic mass is 32.2. The fourth-order valence-corrected chi connectivity index (χ4v) is 1.90. The Hall–Kier alpha value is -1.73. The molecule has 0 aliphatic carbocycles. The first-order chi connectivity index (χ1) is 7.02. The van der Waals surface area contributed by atoms with E-state index in [9.17, 15) is 13.2 Å². The van der Waals surface area contributed by atoms with Crippen LogP contribution in [0, 0.1) is 0 Å². The quantitative estimate of drug-likeness (QED) is 0.741. The third-order valence-electron chi connectivity index (χ3n) is 1.81. The van der Waals surface area contributed by atoms with Crippen molar-refractivity contribution in [2.24, 2.45) is 5.14 Å². The average molecular weight is 226 g/mol. The number of benzene rings is 1. The predicted molar refractivity (Wildman–Crippen MR) is 50.8 cm³/mol. The molecular weight excluding hydrogens is 220 g/mol. The van der Waals surface area contributed by atoms with Gasteiger partial charge in [0, 0.05) is 0 Å². The van der Waals surface area contributed by atoms with Crippen LogP contribution in [-0.4, -0.2) is 19.7 Å². The van der Waals surface area contributed by atoms with E-state index in [-0.39, 0.29) is 21.9 Å². The van der Waals surface area contributed by atoms with Gasteiger partial charge in [0.1, 0.15) is 10.4 Å². The van der Waals surface area contributed by atoms with Gasteiger partial charge < -0.3 is 4.42 Å². The molecule has 0 amide bonds. The molecule has 0 bridgehead atoms. The zero-order chi connectivity index (χ0) is 11.1. The number of hydrogen-bond acceptors (Lipinski definition) is 5. The minimum atomic E-state index is -3.86. The van der Waals surface area contributed by atoms with Crippen molar-refractivity contribution in [2.75, 3.05) is 0 Å². The topological polar surface area (TPSA) is 103 Å². The standard InChI is InChI=1S/C8H6N2O4S/c9-15(12,13)6-3-1-2-5-8(6)10-7(4-11)14-5/h1-4H,(H2,9,12,13). The first-order valence-electron chi connectivity index (χ1n) is 3.90. The summed E-state index contributed by atoms with van der Waals surface area (Å²) in [7, 11) is -3.86. The zero-order valence-electron chi connectivity index (χ0n) is 7.38. The van der Waals surface area contributed by atoms with Crippen LogP contribution in [0.1, 0.15) is 10.7 Å². The van der Waals surface area contributed by atoms with Crippen molar-refractivity contribution in [2.45, 2.75) is 4.90 Å². The smallest absolute Gasteiger partial charge is 0.260 e. The maximum Gasteiger partial charge on any atom is 0.260 e. The van der Waals surface area contributed by atoms with Crippen LogP contribution in [0.3, 0.4) is 0 Å². The summed E-state index contributed by atoms with van der Waals surface area (Å²) in [4.78, 5) is 13.9. The maximum atomic E-state index is 11.2. The second kappa shape index (κ2) is 3.14. The van der Waals surface area contributed by atoms with Gasteiger partial charge in [-0.05, 0) is 12.1 Å². The third kappa shape index (κ3) is 1.62. The van der Waals surface area contributed by atoms with E-state index in [1.807, 2.05) is 0 Å². The molecule has 2 aromatic rings. The Labute approximate surface area is 84.8 Å². The highest BCUT2D eigenvalue weighted by Crippen LogP contribution is 2.21. The number of rotatable bonds is 2. The Balaban J connectivity index is 2.87. The molecule has 0 unspecified atom stereocenters. The fourth-order valence-electron chi connectivity index (χ4n) is 1.22. The number of para-hydroxylation sites is 1. The van der Waals surface area contributed by atoms with E-state index < -0.39 is 10.0 Å². The SMILES string of the molecule is NS(=O)(=O)c1cccc2oc(C=O)nc12. The van der Waals surface area contributed by atoms with E-state index in [4.69, 9.17) is 9.56 Å². The summed E-state index contributed by atoms with van der Waals surface area (Å²) in [6.45, 7) is 0. The van der Waals surface area contributed by atoms with Gasteiger partial charge in [0.05, 0.1) is 0 Å². The van der Waals surface area contributed by atoms with Crippen LogP contribution in [0.2, 0.25) is 0 Å². The number of fused-ring (bicyclic) bond motifs is 1. The minimum Gasteiger partial charge on any atom is -0.434 e. The number of hydrogen-bond donors (Lipinski definition) is 1. The molecule has 0 radical (unpaired) electrons. The van der Waals surface area contributed by atoms with Gasteiger partial charge in [0.25, 0.3) is 5.89 Å². The lowest BCUT2D eigenvalue weighted by Gasteiger charge is -1.96. The van der Waals surface area contributed by atoms with E-state index >= 15 is 0 Å². The van der Waals surface area contributed by atoms with Crippen molar-refractivity contribution in [3.05, 3.63) is 24.1 Å². The van der Waals surface area contributed by atoms with Gasteiger partial charge in [-0.25, -0.2) is 18.5 Å². The van der Waals surface area contributed by atoms with E-state index in [1.54, 1.807) is 0 Å². The van der Waals surface area contributed by atoms with Crippen molar-refractivity contribution in [1.29, 1.82) is 0 Å². The lowest BCUT2D eigenvalue weighted by Crippen LogP contribution is -2.12. The van der Waals surface area contributed by atoms with Crippen LogP contribution in [0.5, 0.6) is 0 Å². The number of primary sulfonamides is 1. The van der Waals surface area contributed by atoms with E-state index in [2.05, 4.69) is 4.98 Å². The largest absolute Gasteiger partial charge is 0.434 e. The minimum absolute atomic E-state index is 0.0714. The summed E-state index contributed by atoms with van der Waals surface area (Å²) in [6.07, 6.45) is 0.396. The summed E-state index contributed by atoms with van der Waals surface area (Å²) < 4.78 is 27.3. The molecule has 0 saturated heterocycles. The Morgan fingerprint density at radius 1 is 1.40 bits per heavy atom. The van der Waals surface area contributed by atoms with Crippen molar-refractivity contribution in [3.8, 4) is 0 Å². The van der Waals surface area contributed by atoms with Gasteiger partial charge >= 0.3 is 0 Å². The number of aldehydes is 1. The Kier molecular flexibility index (Phi) is 2.06. The summed E-state index contributed by atoms with van der Waals surface area (Å²) in [5.41, 5.74) is 0.283. The molecule has 2 N–H and O–H groups in total. The second-order valence-corrected chi connectivity index (χ2v) is 4.35.